The third-order valence-corrected chi connectivity index (χ3v) is 8.30. The van der Waals surface area contributed by atoms with Crippen LogP contribution in [0.4, 0.5) is 16.5 Å². The number of carbonyl (C=O) groups is 2. The van der Waals surface area contributed by atoms with Crippen LogP contribution in [-0.2, 0) is 4.79 Å². The number of ketones is 1. The molecule has 0 fully saturated rings. The maximum Gasteiger partial charge on any atom is 0.239 e. The molecule has 0 saturated heterocycles. The number of hydrogen-bond donors (Lipinski definition) is 3. The fraction of sp³-hybridized carbons (Fsp3) is 0.154. The van der Waals surface area contributed by atoms with Gasteiger partial charge >= 0.3 is 0 Å². The first-order valence-corrected chi connectivity index (χ1v) is 14.2. The van der Waals surface area contributed by atoms with Gasteiger partial charge in [0.1, 0.15) is 0 Å². The Labute approximate surface area is 227 Å². The molecule has 6 nitrogen and oxygen atoms in total. The number of rotatable bonds is 9. The van der Waals surface area contributed by atoms with Crippen molar-refractivity contribution in [2.24, 2.45) is 0 Å². The summed E-state index contributed by atoms with van der Waals surface area (Å²) in [4.78, 5) is 31.0. The van der Waals surface area contributed by atoms with E-state index in [9.17, 15) is 9.59 Å². The van der Waals surface area contributed by atoms with E-state index in [1.807, 2.05) is 66.2 Å². The van der Waals surface area contributed by atoms with Gasteiger partial charge in [0.2, 0.25) is 5.91 Å². The van der Waals surface area contributed by atoms with Crippen molar-refractivity contribution >= 4 is 80.0 Å². The van der Waals surface area contributed by atoms with E-state index in [1.54, 1.807) is 23.5 Å². The highest BCUT2D eigenvalue weighted by molar-refractivity contribution is 8.00. The maximum absolute atomic E-state index is 12.9. The molecule has 0 radical (unpaired) electrons. The number of thiazole rings is 1. The zero-order chi connectivity index (χ0) is 25.5. The molecule has 1 unspecified atom stereocenters. The normalized spacial score (nSPS) is 11.5. The number of thiocarbonyl (C=S) groups is 1. The van der Waals surface area contributed by atoms with Crippen LogP contribution in [0.1, 0.15) is 30.6 Å². The van der Waals surface area contributed by atoms with E-state index >= 15 is 0 Å². The molecule has 0 saturated carbocycles. The fourth-order valence-electron chi connectivity index (χ4n) is 3.27. The minimum absolute atomic E-state index is 0.0189. The molecule has 0 aliphatic heterocycles. The maximum atomic E-state index is 12.9. The lowest BCUT2D eigenvalue weighted by Crippen LogP contribution is -2.24. The van der Waals surface area contributed by atoms with Gasteiger partial charge < -0.3 is 16.0 Å². The van der Waals surface area contributed by atoms with Crippen LogP contribution in [0, 0.1) is 0 Å². The molecule has 1 amide bonds. The topological polar surface area (TPSA) is 83.1 Å². The van der Waals surface area contributed by atoms with Crippen molar-refractivity contribution in [2.45, 2.75) is 30.4 Å². The van der Waals surface area contributed by atoms with E-state index in [4.69, 9.17) is 12.2 Å². The molecule has 3 N–H and O–H groups in total. The molecule has 0 spiro atoms. The monoisotopic (exact) mass is 552 g/mol. The highest BCUT2D eigenvalue weighted by Gasteiger charge is 2.20. The van der Waals surface area contributed by atoms with Crippen molar-refractivity contribution < 1.29 is 9.59 Å². The van der Waals surface area contributed by atoms with E-state index in [2.05, 4.69) is 20.9 Å². The predicted octanol–water partition coefficient (Wildman–Crippen LogP) is 7.39. The summed E-state index contributed by atoms with van der Waals surface area (Å²) >= 11 is 9.99. The highest BCUT2D eigenvalue weighted by Crippen LogP contribution is 2.31. The zero-order valence-electron chi connectivity index (χ0n) is 19.6. The summed E-state index contributed by atoms with van der Waals surface area (Å²) in [6.45, 7) is 3.53. The molecular weight excluding hydrogens is 529 g/mol. The first kappa shape index (κ1) is 26.0. The van der Waals surface area contributed by atoms with Crippen LogP contribution in [0.3, 0.4) is 0 Å². The zero-order valence-corrected chi connectivity index (χ0v) is 22.9. The second-order valence-electron chi connectivity index (χ2n) is 7.76. The Balaban J connectivity index is 1.34. The van der Waals surface area contributed by atoms with E-state index < -0.39 is 0 Å². The van der Waals surface area contributed by atoms with Gasteiger partial charge in [-0.3, -0.25) is 9.59 Å². The van der Waals surface area contributed by atoms with Gasteiger partial charge in [-0.15, -0.1) is 34.4 Å². The molecular formula is C26H24N4O2S4. The Bertz CT molecular complexity index is 1350. The van der Waals surface area contributed by atoms with Gasteiger partial charge in [0.05, 0.1) is 15.8 Å². The van der Waals surface area contributed by atoms with E-state index in [0.29, 0.717) is 22.2 Å². The van der Waals surface area contributed by atoms with Crippen LogP contribution in [0.25, 0.3) is 10.6 Å². The Morgan fingerprint density at radius 3 is 2.47 bits per heavy atom. The number of thiophene rings is 1. The lowest BCUT2D eigenvalue weighted by molar-refractivity contribution is -0.115. The lowest BCUT2D eigenvalue weighted by Gasteiger charge is -2.15. The summed E-state index contributed by atoms with van der Waals surface area (Å²) in [5, 5.41) is 14.0. The smallest absolute Gasteiger partial charge is 0.239 e. The molecule has 4 aromatic rings. The number of benzene rings is 2. The molecule has 0 aliphatic rings. The first-order chi connectivity index (χ1) is 17.4. The number of aromatic nitrogens is 1. The van der Waals surface area contributed by atoms with Crippen LogP contribution in [-0.4, -0.2) is 27.0 Å². The summed E-state index contributed by atoms with van der Waals surface area (Å²) < 4.78 is 0. The Morgan fingerprint density at radius 1 is 1.00 bits per heavy atom. The Hall–Kier alpha value is -3.05. The largest absolute Gasteiger partial charge is 0.332 e. The Kier molecular flexibility index (Phi) is 8.87. The van der Waals surface area contributed by atoms with E-state index in [0.717, 1.165) is 26.8 Å². The van der Waals surface area contributed by atoms with Crippen LogP contribution in [0.15, 0.2) is 76.3 Å². The molecule has 1 atom stereocenters. The minimum atomic E-state index is -0.265. The molecule has 0 aliphatic carbocycles. The fourth-order valence-corrected chi connectivity index (χ4v) is 5.99. The SMILES string of the molecule is CCC(Sc1cccc(NC(=S)Nc2ccc(C(C)=O)cc2)c1)C(=O)Nc1nc(-c2cccs2)cs1. The molecule has 0 bridgehead atoms. The third kappa shape index (κ3) is 7.01. The number of amides is 1. The van der Waals surface area contributed by atoms with Gasteiger partial charge in [0.25, 0.3) is 0 Å². The van der Waals surface area contributed by atoms with Gasteiger partial charge in [-0.05, 0) is 79.5 Å². The molecule has 10 heteroatoms. The van der Waals surface area contributed by atoms with Crippen molar-refractivity contribution in [3.05, 3.63) is 77.0 Å². The van der Waals surface area contributed by atoms with Crippen molar-refractivity contribution in [1.29, 1.82) is 0 Å². The number of hydrogen-bond acceptors (Lipinski definition) is 7. The molecule has 36 heavy (non-hydrogen) atoms. The summed E-state index contributed by atoms with van der Waals surface area (Å²) in [5.41, 5.74) is 3.13. The number of nitrogens with zero attached hydrogens (tertiary/aromatic N) is 1. The highest BCUT2D eigenvalue weighted by atomic mass is 32.2. The minimum Gasteiger partial charge on any atom is -0.332 e. The molecule has 2 aromatic heterocycles. The summed E-state index contributed by atoms with van der Waals surface area (Å²) in [6.07, 6.45) is 0.674. The number of anilines is 3. The van der Waals surface area contributed by atoms with Gasteiger partial charge in [0.15, 0.2) is 16.0 Å². The van der Waals surface area contributed by atoms with Crippen LogP contribution < -0.4 is 16.0 Å². The average Bonchev–Trinajstić information content (AvgIpc) is 3.55. The number of thioether (sulfide) groups is 1. The molecule has 184 valence electrons. The van der Waals surface area contributed by atoms with Crippen molar-refractivity contribution in [2.75, 3.05) is 16.0 Å². The lowest BCUT2D eigenvalue weighted by atomic mass is 10.1. The standard InChI is InChI=1S/C26H24N4O2S4/c1-3-22(24(32)30-26-29-21(15-35-26)23-8-5-13-34-23)36-20-7-4-6-19(14-20)28-25(33)27-18-11-9-17(10-12-18)16(2)31/h4-15,22H,3H2,1-2H3,(H2,27,28,33)(H,29,30,32). The second kappa shape index (κ2) is 12.3. The summed E-state index contributed by atoms with van der Waals surface area (Å²) in [6, 6.07) is 18.9. The average molecular weight is 553 g/mol. The molecule has 4 rings (SSSR count). The summed E-state index contributed by atoms with van der Waals surface area (Å²) in [7, 11) is 0. The van der Waals surface area contributed by atoms with Crippen molar-refractivity contribution in [1.82, 2.24) is 4.98 Å². The van der Waals surface area contributed by atoms with Gasteiger partial charge in [-0.1, -0.05) is 19.1 Å². The summed E-state index contributed by atoms with van der Waals surface area (Å²) in [5.74, 6) is -0.0513. The van der Waals surface area contributed by atoms with Gasteiger partial charge in [-0.2, -0.15) is 0 Å². The van der Waals surface area contributed by atoms with Crippen LogP contribution in [0.2, 0.25) is 0 Å². The van der Waals surface area contributed by atoms with Crippen LogP contribution in [0.5, 0.6) is 0 Å². The second-order valence-corrected chi connectivity index (χ2v) is 11.2. The van der Waals surface area contributed by atoms with Crippen LogP contribution >= 0.6 is 46.7 Å². The quantitative estimate of drug-likeness (QED) is 0.113. The van der Waals surface area contributed by atoms with Gasteiger partial charge in [-0.25, -0.2) is 4.98 Å². The number of carbonyl (C=O) groups excluding carboxylic acids is 2. The predicted molar refractivity (Wildman–Crippen MR) is 157 cm³/mol. The van der Waals surface area contributed by atoms with Crippen molar-refractivity contribution in [3.63, 3.8) is 0 Å². The molecule has 2 aromatic carbocycles. The van der Waals surface area contributed by atoms with Crippen molar-refractivity contribution in [3.8, 4) is 10.6 Å². The van der Waals surface area contributed by atoms with E-state index in [-0.39, 0.29) is 16.9 Å². The van der Waals surface area contributed by atoms with E-state index in [1.165, 1.54) is 30.0 Å². The number of nitrogens with one attached hydrogen (secondary N) is 3. The Morgan fingerprint density at radius 2 is 1.78 bits per heavy atom. The van der Waals surface area contributed by atoms with Gasteiger partial charge in [0, 0.05) is 27.2 Å². The first-order valence-electron chi connectivity index (χ1n) is 11.2. The molecule has 2 heterocycles. The number of Topliss-reactive ketones (excluding diaryl/α,β-unsaturated/α-hetero) is 1. The third-order valence-electron chi connectivity index (χ3n) is 5.09.